The Morgan fingerprint density at radius 2 is 1.67 bits per heavy atom. The number of urea groups is 1. The van der Waals surface area contributed by atoms with Gasteiger partial charge in [-0.05, 0) is 42.5 Å². The van der Waals surface area contributed by atoms with Gasteiger partial charge in [0.25, 0.3) is 9.05 Å². The Kier molecular flexibility index (Phi) is 5.58. The fraction of sp³-hybridized carbons (Fsp3) is 0.133. The standard InChI is InChI=1S/C15H15Cl2N3O3S/c1-20(2)11-5-3-10(4-6-11)18-15(21)19-14-8-7-12(9-13(14)16)24(17,22)23/h3-9H,1-2H3,(H2,18,19,21). The second-order valence-corrected chi connectivity index (χ2v) is 8.07. The number of anilines is 3. The van der Waals surface area contributed by atoms with Gasteiger partial charge in [-0.1, -0.05) is 11.6 Å². The minimum absolute atomic E-state index is 0.0647. The van der Waals surface area contributed by atoms with E-state index in [0.717, 1.165) is 5.69 Å². The van der Waals surface area contributed by atoms with Crippen LogP contribution < -0.4 is 15.5 Å². The number of hydrogen-bond donors (Lipinski definition) is 2. The highest BCUT2D eigenvalue weighted by Crippen LogP contribution is 2.27. The van der Waals surface area contributed by atoms with E-state index in [0.29, 0.717) is 5.69 Å². The summed E-state index contributed by atoms with van der Waals surface area (Å²) in [6.45, 7) is 0. The van der Waals surface area contributed by atoms with E-state index in [-0.39, 0.29) is 15.6 Å². The van der Waals surface area contributed by atoms with Crippen LogP contribution in [0.15, 0.2) is 47.4 Å². The van der Waals surface area contributed by atoms with Crippen molar-refractivity contribution in [2.24, 2.45) is 0 Å². The summed E-state index contributed by atoms with van der Waals surface area (Å²) < 4.78 is 22.5. The van der Waals surface area contributed by atoms with E-state index in [1.54, 1.807) is 12.1 Å². The third-order valence-corrected chi connectivity index (χ3v) is 4.78. The Labute approximate surface area is 149 Å². The van der Waals surface area contributed by atoms with Crippen molar-refractivity contribution in [1.29, 1.82) is 0 Å². The van der Waals surface area contributed by atoms with Gasteiger partial charge in [-0.3, -0.25) is 0 Å². The molecule has 0 fully saturated rings. The van der Waals surface area contributed by atoms with Crippen LogP contribution in [0, 0.1) is 0 Å². The molecule has 2 amide bonds. The lowest BCUT2D eigenvalue weighted by Crippen LogP contribution is -2.19. The predicted molar refractivity (Wildman–Crippen MR) is 97.9 cm³/mol. The molecule has 0 saturated carbocycles. The fourth-order valence-electron chi connectivity index (χ4n) is 1.88. The third-order valence-electron chi connectivity index (χ3n) is 3.11. The smallest absolute Gasteiger partial charge is 0.323 e. The Balaban J connectivity index is 2.07. The molecule has 0 radical (unpaired) electrons. The minimum Gasteiger partial charge on any atom is -0.378 e. The molecular weight excluding hydrogens is 373 g/mol. The number of nitrogens with zero attached hydrogens (tertiary/aromatic N) is 1. The average molecular weight is 388 g/mol. The molecule has 0 aliphatic carbocycles. The number of nitrogens with one attached hydrogen (secondary N) is 2. The predicted octanol–water partition coefficient (Wildman–Crippen LogP) is 3.98. The zero-order valence-electron chi connectivity index (χ0n) is 12.9. The maximum Gasteiger partial charge on any atom is 0.323 e. The molecule has 2 rings (SSSR count). The van der Waals surface area contributed by atoms with Gasteiger partial charge in [-0.15, -0.1) is 0 Å². The van der Waals surface area contributed by atoms with Crippen molar-refractivity contribution in [2.75, 3.05) is 29.6 Å². The number of carbonyl (C=O) groups excluding carboxylic acids is 1. The van der Waals surface area contributed by atoms with Crippen molar-refractivity contribution < 1.29 is 13.2 Å². The SMILES string of the molecule is CN(C)c1ccc(NC(=O)Nc2ccc(S(=O)(=O)Cl)cc2Cl)cc1. The van der Waals surface area contributed by atoms with Gasteiger partial charge in [0.15, 0.2) is 0 Å². The molecule has 0 aliphatic rings. The normalized spacial score (nSPS) is 11.0. The van der Waals surface area contributed by atoms with Crippen LogP contribution in [-0.2, 0) is 9.05 Å². The second-order valence-electron chi connectivity index (χ2n) is 5.10. The van der Waals surface area contributed by atoms with E-state index in [9.17, 15) is 13.2 Å². The summed E-state index contributed by atoms with van der Waals surface area (Å²) in [5.41, 5.74) is 1.87. The molecule has 9 heteroatoms. The summed E-state index contributed by atoms with van der Waals surface area (Å²) in [6.07, 6.45) is 0. The van der Waals surface area contributed by atoms with Crippen molar-refractivity contribution in [3.8, 4) is 0 Å². The number of carbonyl (C=O) groups is 1. The lowest BCUT2D eigenvalue weighted by molar-refractivity contribution is 0.262. The highest BCUT2D eigenvalue weighted by Gasteiger charge is 2.13. The van der Waals surface area contributed by atoms with E-state index in [2.05, 4.69) is 10.6 Å². The van der Waals surface area contributed by atoms with Crippen LogP contribution in [0.3, 0.4) is 0 Å². The third kappa shape index (κ3) is 4.77. The largest absolute Gasteiger partial charge is 0.378 e. The molecule has 0 spiro atoms. The van der Waals surface area contributed by atoms with Crippen LogP contribution in [0.1, 0.15) is 0 Å². The number of halogens is 2. The van der Waals surface area contributed by atoms with E-state index in [1.807, 2.05) is 31.1 Å². The average Bonchev–Trinajstić information content (AvgIpc) is 2.48. The summed E-state index contributed by atoms with van der Waals surface area (Å²) >= 11 is 5.97. The van der Waals surface area contributed by atoms with Crippen LogP contribution in [0.2, 0.25) is 5.02 Å². The van der Waals surface area contributed by atoms with Gasteiger partial charge in [0.05, 0.1) is 15.6 Å². The van der Waals surface area contributed by atoms with Gasteiger partial charge in [0.2, 0.25) is 0 Å². The minimum atomic E-state index is -3.87. The van der Waals surface area contributed by atoms with Crippen molar-refractivity contribution in [3.63, 3.8) is 0 Å². The molecule has 0 aliphatic heterocycles. The van der Waals surface area contributed by atoms with Gasteiger partial charge in [-0.2, -0.15) is 0 Å². The number of rotatable bonds is 4. The molecule has 0 heterocycles. The Hall–Kier alpha value is -1.96. The van der Waals surface area contributed by atoms with Crippen molar-refractivity contribution in [1.82, 2.24) is 0 Å². The van der Waals surface area contributed by atoms with E-state index >= 15 is 0 Å². The molecule has 2 N–H and O–H groups in total. The number of hydrogen-bond acceptors (Lipinski definition) is 4. The zero-order valence-corrected chi connectivity index (χ0v) is 15.2. The Morgan fingerprint density at radius 3 is 2.17 bits per heavy atom. The quantitative estimate of drug-likeness (QED) is 0.777. The molecule has 0 unspecified atom stereocenters. The summed E-state index contributed by atoms with van der Waals surface area (Å²) in [5.74, 6) is 0. The number of amides is 2. The van der Waals surface area contributed by atoms with Crippen LogP contribution >= 0.6 is 22.3 Å². The molecular formula is C15H15Cl2N3O3S. The second kappa shape index (κ2) is 7.29. The monoisotopic (exact) mass is 387 g/mol. The Bertz CT molecular complexity index is 853. The molecule has 2 aromatic rings. The van der Waals surface area contributed by atoms with E-state index in [1.165, 1.54) is 18.2 Å². The molecule has 0 saturated heterocycles. The topological polar surface area (TPSA) is 78.5 Å². The van der Waals surface area contributed by atoms with Crippen molar-refractivity contribution in [3.05, 3.63) is 47.5 Å². The zero-order chi connectivity index (χ0) is 17.9. The first-order chi connectivity index (χ1) is 11.2. The van der Waals surface area contributed by atoms with E-state index in [4.69, 9.17) is 22.3 Å². The maximum atomic E-state index is 12.0. The highest BCUT2D eigenvalue weighted by atomic mass is 35.7. The molecule has 2 aromatic carbocycles. The molecule has 24 heavy (non-hydrogen) atoms. The molecule has 128 valence electrons. The summed E-state index contributed by atoms with van der Waals surface area (Å²) in [6, 6.07) is 10.6. The van der Waals surface area contributed by atoms with E-state index < -0.39 is 15.1 Å². The van der Waals surface area contributed by atoms with Crippen LogP contribution in [-0.4, -0.2) is 28.5 Å². The summed E-state index contributed by atoms with van der Waals surface area (Å²) in [7, 11) is 5.20. The fourth-order valence-corrected chi connectivity index (χ4v) is 2.95. The van der Waals surface area contributed by atoms with Gasteiger partial charge in [0, 0.05) is 36.2 Å². The van der Waals surface area contributed by atoms with Crippen LogP contribution in [0.25, 0.3) is 0 Å². The lowest BCUT2D eigenvalue weighted by Gasteiger charge is -2.13. The van der Waals surface area contributed by atoms with Gasteiger partial charge >= 0.3 is 6.03 Å². The van der Waals surface area contributed by atoms with Gasteiger partial charge in [0.1, 0.15) is 0 Å². The first-order valence-electron chi connectivity index (χ1n) is 6.76. The Morgan fingerprint density at radius 1 is 1.04 bits per heavy atom. The van der Waals surface area contributed by atoms with Crippen LogP contribution in [0.5, 0.6) is 0 Å². The number of benzene rings is 2. The highest BCUT2D eigenvalue weighted by molar-refractivity contribution is 8.13. The maximum absolute atomic E-state index is 12.0. The van der Waals surface area contributed by atoms with Crippen LogP contribution in [0.4, 0.5) is 21.9 Å². The molecule has 0 atom stereocenters. The molecule has 6 nitrogen and oxygen atoms in total. The van der Waals surface area contributed by atoms with Crippen molar-refractivity contribution >= 4 is 54.4 Å². The van der Waals surface area contributed by atoms with Crippen molar-refractivity contribution in [2.45, 2.75) is 4.90 Å². The van der Waals surface area contributed by atoms with Gasteiger partial charge < -0.3 is 15.5 Å². The molecule has 0 aromatic heterocycles. The lowest BCUT2D eigenvalue weighted by atomic mass is 10.2. The summed E-state index contributed by atoms with van der Waals surface area (Å²) in [5, 5.41) is 5.27. The van der Waals surface area contributed by atoms with Gasteiger partial charge in [-0.25, -0.2) is 13.2 Å². The first kappa shape index (κ1) is 18.4. The summed E-state index contributed by atoms with van der Waals surface area (Å²) in [4.78, 5) is 13.8. The first-order valence-corrected chi connectivity index (χ1v) is 9.45. The molecule has 0 bridgehead atoms.